The molecule has 4 bridgehead atoms. The number of piperidine rings is 2. The highest BCUT2D eigenvalue weighted by molar-refractivity contribution is 6.29. The van der Waals surface area contributed by atoms with Crippen molar-refractivity contribution in [3.05, 3.63) is 23.2 Å². The lowest BCUT2D eigenvalue weighted by Crippen LogP contribution is -2.68. The van der Waals surface area contributed by atoms with Crippen molar-refractivity contribution >= 4 is 11.6 Å². The summed E-state index contributed by atoms with van der Waals surface area (Å²) >= 11 is 5.80. The maximum atomic E-state index is 10.7. The van der Waals surface area contributed by atoms with Crippen molar-refractivity contribution in [3.63, 3.8) is 0 Å². The smallest absolute Gasteiger partial charge is 0.147 e. The average molecular weight is 266 g/mol. The van der Waals surface area contributed by atoms with E-state index in [4.69, 9.17) is 11.6 Å². The van der Waals surface area contributed by atoms with Gasteiger partial charge in [-0.3, -0.25) is 4.98 Å². The summed E-state index contributed by atoms with van der Waals surface area (Å²) in [5.74, 6) is 0.612. The van der Waals surface area contributed by atoms with Gasteiger partial charge in [-0.2, -0.15) is 0 Å². The van der Waals surface area contributed by atoms with E-state index in [0.29, 0.717) is 17.1 Å². The molecule has 5 rings (SSSR count). The van der Waals surface area contributed by atoms with E-state index in [2.05, 4.69) is 15.3 Å². The molecule has 2 aliphatic carbocycles. The van der Waals surface area contributed by atoms with E-state index in [9.17, 15) is 5.11 Å². The van der Waals surface area contributed by atoms with Gasteiger partial charge >= 0.3 is 0 Å². The molecule has 0 amide bonds. The fraction of sp³-hybridized carbons (Fsp3) is 0.692. The molecule has 2 N–H and O–H groups in total. The number of hydrogen-bond donors (Lipinski definition) is 2. The second-order valence-electron chi connectivity index (χ2n) is 6.26. The SMILES string of the molecule is OC12CC3CC(C1)NC(c1cnc(Cl)cn1)(C3)C2. The van der Waals surface area contributed by atoms with Crippen molar-refractivity contribution in [3.8, 4) is 0 Å². The van der Waals surface area contributed by atoms with E-state index < -0.39 is 5.60 Å². The third kappa shape index (κ3) is 1.52. The normalized spacial score (nSPS) is 45.4. The van der Waals surface area contributed by atoms with Crippen LogP contribution in [-0.2, 0) is 5.54 Å². The van der Waals surface area contributed by atoms with Crippen LogP contribution in [0.3, 0.4) is 0 Å². The molecular formula is C13H16ClN3O. The Morgan fingerprint density at radius 2 is 2.17 bits per heavy atom. The first kappa shape index (κ1) is 11.1. The van der Waals surface area contributed by atoms with Crippen LogP contribution in [0.4, 0.5) is 0 Å². The molecule has 96 valence electrons. The standard InChI is InChI=1S/C13H16ClN3O/c14-11-6-15-10(5-16-11)13-3-8-1-9(17-13)4-12(18,2-8)7-13/h5-6,8-9,17-18H,1-4,7H2. The van der Waals surface area contributed by atoms with Gasteiger partial charge in [-0.15, -0.1) is 0 Å². The Kier molecular flexibility index (Phi) is 2.13. The summed E-state index contributed by atoms with van der Waals surface area (Å²) in [5, 5.41) is 14.8. The Bertz CT molecular complexity index is 476. The number of nitrogens with one attached hydrogen (secondary N) is 1. The molecule has 4 atom stereocenters. The summed E-state index contributed by atoms with van der Waals surface area (Å²) in [4.78, 5) is 8.57. The zero-order valence-corrected chi connectivity index (χ0v) is 10.8. The van der Waals surface area contributed by atoms with E-state index in [1.165, 1.54) is 6.42 Å². The van der Waals surface area contributed by atoms with E-state index in [0.717, 1.165) is 31.4 Å². The molecule has 3 heterocycles. The van der Waals surface area contributed by atoms with Gasteiger partial charge in [-0.25, -0.2) is 4.98 Å². The van der Waals surface area contributed by atoms with E-state index >= 15 is 0 Å². The monoisotopic (exact) mass is 265 g/mol. The molecule has 5 heteroatoms. The predicted octanol–water partition coefficient (Wildman–Crippen LogP) is 1.62. The van der Waals surface area contributed by atoms with Crippen LogP contribution in [0.1, 0.15) is 37.8 Å². The maximum Gasteiger partial charge on any atom is 0.147 e. The van der Waals surface area contributed by atoms with Crippen LogP contribution in [0.2, 0.25) is 5.15 Å². The van der Waals surface area contributed by atoms with Crippen LogP contribution in [0, 0.1) is 5.92 Å². The summed E-state index contributed by atoms with van der Waals surface area (Å²) in [7, 11) is 0. The molecule has 0 aromatic carbocycles. The first-order valence-electron chi connectivity index (χ1n) is 6.55. The van der Waals surface area contributed by atoms with Crippen molar-refractivity contribution in [2.75, 3.05) is 0 Å². The van der Waals surface area contributed by atoms with Crippen LogP contribution < -0.4 is 5.32 Å². The molecule has 1 aromatic rings. The van der Waals surface area contributed by atoms with Gasteiger partial charge in [-0.1, -0.05) is 11.6 Å². The maximum absolute atomic E-state index is 10.7. The van der Waals surface area contributed by atoms with Crippen LogP contribution in [0.15, 0.2) is 12.4 Å². The predicted molar refractivity (Wildman–Crippen MR) is 67.2 cm³/mol. The quantitative estimate of drug-likeness (QED) is 0.810. The first-order valence-corrected chi connectivity index (χ1v) is 6.93. The van der Waals surface area contributed by atoms with Crippen LogP contribution in [0.5, 0.6) is 0 Å². The molecule has 2 saturated carbocycles. The van der Waals surface area contributed by atoms with Crippen molar-refractivity contribution in [2.45, 2.75) is 49.3 Å². The van der Waals surface area contributed by atoms with Gasteiger partial charge in [-0.05, 0) is 31.6 Å². The minimum atomic E-state index is -0.502. The summed E-state index contributed by atoms with van der Waals surface area (Å²) in [6, 6.07) is 0.425. The number of aliphatic hydroxyl groups is 1. The van der Waals surface area contributed by atoms with E-state index in [-0.39, 0.29) is 5.54 Å². The lowest BCUT2D eigenvalue weighted by Gasteiger charge is -2.60. The molecule has 4 unspecified atom stereocenters. The summed E-state index contributed by atoms with van der Waals surface area (Å²) < 4.78 is 0. The van der Waals surface area contributed by atoms with Crippen LogP contribution in [-0.4, -0.2) is 26.7 Å². The lowest BCUT2D eigenvalue weighted by atomic mass is 9.56. The van der Waals surface area contributed by atoms with Gasteiger partial charge in [0.15, 0.2) is 0 Å². The molecule has 0 radical (unpaired) electrons. The van der Waals surface area contributed by atoms with Crippen molar-refractivity contribution in [1.29, 1.82) is 0 Å². The summed E-state index contributed by atoms with van der Waals surface area (Å²) in [6.07, 6.45) is 8.18. The fourth-order valence-corrected chi connectivity index (χ4v) is 4.61. The molecule has 4 fully saturated rings. The van der Waals surface area contributed by atoms with Gasteiger partial charge in [0.1, 0.15) is 5.15 Å². The van der Waals surface area contributed by atoms with Crippen LogP contribution in [0.25, 0.3) is 0 Å². The number of rotatable bonds is 1. The number of hydrogen-bond acceptors (Lipinski definition) is 4. The summed E-state index contributed by atoms with van der Waals surface area (Å²) in [5.41, 5.74) is 0.244. The highest BCUT2D eigenvalue weighted by atomic mass is 35.5. The van der Waals surface area contributed by atoms with Crippen molar-refractivity contribution in [2.24, 2.45) is 5.92 Å². The second-order valence-corrected chi connectivity index (χ2v) is 6.65. The van der Waals surface area contributed by atoms with Gasteiger partial charge in [0.05, 0.1) is 29.2 Å². The largest absolute Gasteiger partial charge is 0.390 e. The highest BCUT2D eigenvalue weighted by Gasteiger charge is 2.58. The number of nitrogens with zero attached hydrogens (tertiary/aromatic N) is 2. The fourth-order valence-electron chi connectivity index (χ4n) is 4.51. The Morgan fingerprint density at radius 1 is 1.28 bits per heavy atom. The topological polar surface area (TPSA) is 58.0 Å². The zero-order valence-electron chi connectivity index (χ0n) is 10.1. The molecule has 2 saturated heterocycles. The first-order chi connectivity index (χ1) is 8.57. The molecule has 4 aliphatic rings. The Labute approximate surface area is 111 Å². The molecule has 1 aromatic heterocycles. The number of aromatic nitrogens is 2. The minimum absolute atomic E-state index is 0.184. The lowest BCUT2D eigenvalue weighted by molar-refractivity contribution is -0.135. The minimum Gasteiger partial charge on any atom is -0.390 e. The van der Waals surface area contributed by atoms with Crippen molar-refractivity contribution in [1.82, 2.24) is 15.3 Å². The molecule has 2 aliphatic heterocycles. The Hall–Kier alpha value is -0.710. The molecule has 18 heavy (non-hydrogen) atoms. The van der Waals surface area contributed by atoms with Gasteiger partial charge in [0.2, 0.25) is 0 Å². The van der Waals surface area contributed by atoms with Crippen LogP contribution >= 0.6 is 11.6 Å². The average Bonchev–Trinajstić information content (AvgIpc) is 2.26. The van der Waals surface area contributed by atoms with Gasteiger partial charge in [0.25, 0.3) is 0 Å². The van der Waals surface area contributed by atoms with Crippen molar-refractivity contribution < 1.29 is 5.11 Å². The van der Waals surface area contributed by atoms with E-state index in [1.807, 2.05) is 0 Å². The third-order valence-corrected chi connectivity index (χ3v) is 4.97. The second kappa shape index (κ2) is 3.44. The molecule has 4 nitrogen and oxygen atoms in total. The van der Waals surface area contributed by atoms with Gasteiger partial charge in [0, 0.05) is 12.5 Å². The van der Waals surface area contributed by atoms with Gasteiger partial charge < -0.3 is 10.4 Å². The highest BCUT2D eigenvalue weighted by Crippen LogP contribution is 2.55. The molecular weight excluding hydrogens is 250 g/mol. The van der Waals surface area contributed by atoms with E-state index in [1.54, 1.807) is 12.4 Å². The molecule has 0 spiro atoms. The zero-order chi connectivity index (χ0) is 12.4. The third-order valence-electron chi connectivity index (χ3n) is 4.77. The number of halogens is 1. The Morgan fingerprint density at radius 3 is 2.83 bits per heavy atom. The summed E-state index contributed by atoms with van der Waals surface area (Å²) in [6.45, 7) is 0. The Balaban J connectivity index is 1.77.